The van der Waals surface area contributed by atoms with E-state index in [1.807, 2.05) is 61.2 Å². The number of hydrogen-bond donors (Lipinski definition) is 1. The number of hydrogen-bond acceptors (Lipinski definition) is 2. The van der Waals surface area contributed by atoms with Gasteiger partial charge in [0, 0.05) is 28.7 Å². The number of benzene rings is 3. The highest BCUT2D eigenvalue weighted by molar-refractivity contribution is 5.95. The molecule has 0 bridgehead atoms. The number of fused-ring (bicyclic) bond motifs is 3. The standard InChI is InChI=1S/C27H26N2O2/c1-3-31-21-11-7-9-19(17-21)26-25-23(22-12-4-5-13-24(22)28-25)14-15-29(26)27(30)20-10-6-8-18(2)16-20/h4-13,16-17,26,28H,3,14-15H2,1-2H3/t26-/m1/s1. The lowest BCUT2D eigenvalue weighted by Gasteiger charge is -2.36. The first-order chi connectivity index (χ1) is 15.2. The fourth-order valence-corrected chi connectivity index (χ4v) is 4.69. The van der Waals surface area contributed by atoms with Gasteiger partial charge >= 0.3 is 0 Å². The van der Waals surface area contributed by atoms with E-state index in [9.17, 15) is 4.79 Å². The number of amides is 1. The van der Waals surface area contributed by atoms with Crippen molar-refractivity contribution in [2.75, 3.05) is 13.2 Å². The third kappa shape index (κ3) is 3.48. The molecule has 3 aromatic carbocycles. The van der Waals surface area contributed by atoms with Crippen LogP contribution in [0.4, 0.5) is 0 Å². The quantitative estimate of drug-likeness (QED) is 0.472. The van der Waals surface area contributed by atoms with Gasteiger partial charge in [0.25, 0.3) is 5.91 Å². The van der Waals surface area contributed by atoms with Crippen molar-refractivity contribution in [2.45, 2.75) is 26.3 Å². The molecule has 1 aliphatic rings. The molecule has 1 N–H and O–H groups in total. The third-order valence-electron chi connectivity index (χ3n) is 6.05. The molecule has 0 spiro atoms. The molecule has 4 aromatic rings. The van der Waals surface area contributed by atoms with E-state index in [0.29, 0.717) is 13.2 Å². The number of para-hydroxylation sites is 1. The van der Waals surface area contributed by atoms with Crippen LogP contribution in [0.1, 0.15) is 45.7 Å². The second-order valence-corrected chi connectivity index (χ2v) is 8.09. The van der Waals surface area contributed by atoms with Crippen molar-refractivity contribution >= 4 is 16.8 Å². The summed E-state index contributed by atoms with van der Waals surface area (Å²) in [6.45, 7) is 5.28. The maximum absolute atomic E-state index is 13.7. The fraction of sp³-hybridized carbons (Fsp3) is 0.222. The molecule has 1 atom stereocenters. The second kappa shape index (κ2) is 7.95. The average molecular weight is 411 g/mol. The smallest absolute Gasteiger partial charge is 0.254 e. The zero-order valence-electron chi connectivity index (χ0n) is 17.9. The Bertz CT molecular complexity index is 1260. The number of rotatable bonds is 4. The normalized spacial score (nSPS) is 15.7. The van der Waals surface area contributed by atoms with E-state index in [2.05, 4.69) is 35.3 Å². The molecule has 0 saturated carbocycles. The Hall–Kier alpha value is -3.53. The molecule has 0 fully saturated rings. The Morgan fingerprint density at radius 1 is 1.06 bits per heavy atom. The average Bonchev–Trinajstić information content (AvgIpc) is 3.17. The number of nitrogens with one attached hydrogen (secondary N) is 1. The number of H-pyrrole nitrogens is 1. The maximum Gasteiger partial charge on any atom is 0.254 e. The van der Waals surface area contributed by atoms with Gasteiger partial charge in [-0.15, -0.1) is 0 Å². The Morgan fingerprint density at radius 3 is 2.74 bits per heavy atom. The van der Waals surface area contributed by atoms with E-state index in [1.54, 1.807) is 0 Å². The molecule has 1 aliphatic heterocycles. The molecule has 1 amide bonds. The van der Waals surface area contributed by atoms with Gasteiger partial charge in [-0.25, -0.2) is 0 Å². The summed E-state index contributed by atoms with van der Waals surface area (Å²) in [7, 11) is 0. The van der Waals surface area contributed by atoms with Crippen LogP contribution in [0.5, 0.6) is 5.75 Å². The predicted octanol–water partition coefficient (Wildman–Crippen LogP) is 5.66. The Balaban J connectivity index is 1.66. The van der Waals surface area contributed by atoms with Gasteiger partial charge in [0.2, 0.25) is 0 Å². The minimum atomic E-state index is -0.190. The van der Waals surface area contributed by atoms with Crippen LogP contribution in [0.3, 0.4) is 0 Å². The van der Waals surface area contributed by atoms with E-state index in [-0.39, 0.29) is 11.9 Å². The van der Waals surface area contributed by atoms with E-state index in [1.165, 1.54) is 10.9 Å². The minimum Gasteiger partial charge on any atom is -0.494 e. The highest BCUT2D eigenvalue weighted by atomic mass is 16.5. The van der Waals surface area contributed by atoms with Crippen LogP contribution >= 0.6 is 0 Å². The third-order valence-corrected chi connectivity index (χ3v) is 6.05. The monoisotopic (exact) mass is 410 g/mol. The van der Waals surface area contributed by atoms with Crippen LogP contribution < -0.4 is 4.74 Å². The van der Waals surface area contributed by atoms with E-state index in [0.717, 1.165) is 40.1 Å². The van der Waals surface area contributed by atoms with Crippen molar-refractivity contribution in [2.24, 2.45) is 0 Å². The van der Waals surface area contributed by atoms with Crippen molar-refractivity contribution in [1.82, 2.24) is 9.88 Å². The van der Waals surface area contributed by atoms with E-state index in [4.69, 9.17) is 4.74 Å². The van der Waals surface area contributed by atoms with Gasteiger partial charge in [0.15, 0.2) is 0 Å². The molecule has 4 heteroatoms. The van der Waals surface area contributed by atoms with Gasteiger partial charge < -0.3 is 14.6 Å². The molecule has 0 saturated heterocycles. The maximum atomic E-state index is 13.7. The Kier molecular flexibility index (Phi) is 4.99. The minimum absolute atomic E-state index is 0.0554. The molecule has 0 radical (unpaired) electrons. The van der Waals surface area contributed by atoms with Crippen LogP contribution in [0.2, 0.25) is 0 Å². The number of aromatic amines is 1. The topological polar surface area (TPSA) is 45.3 Å². The first-order valence-electron chi connectivity index (χ1n) is 10.9. The van der Waals surface area contributed by atoms with Gasteiger partial charge in [-0.3, -0.25) is 4.79 Å². The molecular weight excluding hydrogens is 384 g/mol. The van der Waals surface area contributed by atoms with Crippen LogP contribution in [0, 0.1) is 6.92 Å². The van der Waals surface area contributed by atoms with Crippen LogP contribution in [0.25, 0.3) is 10.9 Å². The lowest BCUT2D eigenvalue weighted by molar-refractivity contribution is 0.0691. The molecule has 1 aromatic heterocycles. The van der Waals surface area contributed by atoms with Crippen LogP contribution in [-0.2, 0) is 6.42 Å². The first kappa shape index (κ1) is 19.4. The number of aromatic nitrogens is 1. The second-order valence-electron chi connectivity index (χ2n) is 8.09. The van der Waals surface area contributed by atoms with Crippen molar-refractivity contribution in [3.8, 4) is 5.75 Å². The molecule has 0 unspecified atom stereocenters. The number of ether oxygens (including phenoxy) is 1. The fourth-order valence-electron chi connectivity index (χ4n) is 4.69. The van der Waals surface area contributed by atoms with Crippen molar-refractivity contribution in [3.63, 3.8) is 0 Å². The van der Waals surface area contributed by atoms with Crippen LogP contribution in [-0.4, -0.2) is 28.9 Å². The van der Waals surface area contributed by atoms with Crippen molar-refractivity contribution in [1.29, 1.82) is 0 Å². The lowest BCUT2D eigenvalue weighted by Crippen LogP contribution is -2.40. The van der Waals surface area contributed by atoms with E-state index >= 15 is 0 Å². The molecule has 0 aliphatic carbocycles. The highest BCUT2D eigenvalue weighted by Gasteiger charge is 2.35. The summed E-state index contributed by atoms with van der Waals surface area (Å²) in [4.78, 5) is 19.3. The Morgan fingerprint density at radius 2 is 1.90 bits per heavy atom. The van der Waals surface area contributed by atoms with Gasteiger partial charge in [-0.1, -0.05) is 48.0 Å². The van der Waals surface area contributed by atoms with Gasteiger partial charge in [-0.05, 0) is 61.7 Å². The summed E-state index contributed by atoms with van der Waals surface area (Å²) < 4.78 is 5.77. The predicted molar refractivity (Wildman–Crippen MR) is 124 cm³/mol. The van der Waals surface area contributed by atoms with Gasteiger partial charge in [-0.2, -0.15) is 0 Å². The molecule has 4 nitrogen and oxygen atoms in total. The summed E-state index contributed by atoms with van der Waals surface area (Å²) in [5.74, 6) is 0.881. The highest BCUT2D eigenvalue weighted by Crippen LogP contribution is 2.39. The molecule has 2 heterocycles. The zero-order chi connectivity index (χ0) is 21.4. The number of nitrogens with zero attached hydrogens (tertiary/aromatic N) is 1. The van der Waals surface area contributed by atoms with Crippen molar-refractivity contribution < 1.29 is 9.53 Å². The molecule has 31 heavy (non-hydrogen) atoms. The molecule has 156 valence electrons. The largest absolute Gasteiger partial charge is 0.494 e. The summed E-state index contributed by atoms with van der Waals surface area (Å²) in [5.41, 5.74) is 6.38. The summed E-state index contributed by atoms with van der Waals surface area (Å²) >= 11 is 0. The molecule has 5 rings (SSSR count). The summed E-state index contributed by atoms with van der Waals surface area (Å²) in [6, 6.07) is 24.2. The number of carbonyl (C=O) groups excluding carboxylic acids is 1. The SMILES string of the molecule is CCOc1cccc([C@@H]2c3[nH]c4ccccc4c3CCN2C(=O)c2cccc(C)c2)c1. The lowest BCUT2D eigenvalue weighted by atomic mass is 9.91. The van der Waals surface area contributed by atoms with E-state index < -0.39 is 0 Å². The molecular formula is C27H26N2O2. The summed E-state index contributed by atoms with van der Waals surface area (Å²) in [5, 5.41) is 1.24. The zero-order valence-corrected chi connectivity index (χ0v) is 17.9. The number of carbonyl (C=O) groups is 1. The van der Waals surface area contributed by atoms with Crippen LogP contribution in [0.15, 0.2) is 72.8 Å². The summed E-state index contributed by atoms with van der Waals surface area (Å²) in [6.07, 6.45) is 0.832. The van der Waals surface area contributed by atoms with Crippen molar-refractivity contribution in [3.05, 3.63) is 101 Å². The first-order valence-corrected chi connectivity index (χ1v) is 10.9. The van der Waals surface area contributed by atoms with Gasteiger partial charge in [0.05, 0.1) is 12.6 Å². The van der Waals surface area contributed by atoms with Gasteiger partial charge in [0.1, 0.15) is 5.75 Å². The number of aryl methyl sites for hydroxylation is 1. The Labute approximate surface area is 182 Å².